The lowest BCUT2D eigenvalue weighted by Crippen LogP contribution is -2.22. The lowest BCUT2D eigenvalue weighted by atomic mass is 9.84. The largest absolute Gasteiger partial charge is 0.319 e. The minimum Gasteiger partial charge on any atom is -0.319 e. The number of nitrogens with one attached hydrogen (secondary N) is 1. The summed E-state index contributed by atoms with van der Waals surface area (Å²) in [5.41, 5.74) is 1.91. The molecule has 1 unspecified atom stereocenters. The van der Waals surface area contributed by atoms with Gasteiger partial charge in [-0.05, 0) is 49.8 Å². The summed E-state index contributed by atoms with van der Waals surface area (Å²) in [6.07, 6.45) is 3.79. The van der Waals surface area contributed by atoms with Crippen LogP contribution in [0.3, 0.4) is 0 Å². The van der Waals surface area contributed by atoms with Crippen LogP contribution in [0, 0.1) is 11.3 Å². The zero-order valence-electron chi connectivity index (χ0n) is 11.8. The molecule has 0 aliphatic rings. The highest BCUT2D eigenvalue weighted by Crippen LogP contribution is 2.25. The molecule has 17 heavy (non-hydrogen) atoms. The van der Waals surface area contributed by atoms with Gasteiger partial charge in [-0.3, -0.25) is 0 Å². The smallest absolute Gasteiger partial charge is 0.00203 e. The van der Waals surface area contributed by atoms with Gasteiger partial charge < -0.3 is 5.32 Å². The van der Waals surface area contributed by atoms with Crippen molar-refractivity contribution in [3.63, 3.8) is 0 Å². The Morgan fingerprint density at radius 3 is 2.29 bits per heavy atom. The summed E-state index contributed by atoms with van der Waals surface area (Å²) >= 11 is 0. The zero-order valence-corrected chi connectivity index (χ0v) is 11.8. The third kappa shape index (κ3) is 6.48. The first-order chi connectivity index (χ1) is 8.01. The SMILES string of the molecule is CNCC(CCC(C)(C)C)Cc1ccccc1. The van der Waals surface area contributed by atoms with E-state index in [0.29, 0.717) is 5.41 Å². The fourth-order valence-electron chi connectivity index (χ4n) is 2.15. The molecule has 1 rings (SSSR count). The predicted octanol–water partition coefficient (Wildman–Crippen LogP) is 3.89. The molecule has 0 aliphatic carbocycles. The first-order valence-corrected chi connectivity index (χ1v) is 6.70. The molecule has 1 heteroatoms. The van der Waals surface area contributed by atoms with E-state index in [-0.39, 0.29) is 0 Å². The van der Waals surface area contributed by atoms with Gasteiger partial charge in [-0.15, -0.1) is 0 Å². The van der Waals surface area contributed by atoms with Crippen LogP contribution in [0.2, 0.25) is 0 Å². The Kier molecular flexibility index (Phi) is 5.70. The van der Waals surface area contributed by atoms with E-state index in [9.17, 15) is 0 Å². The van der Waals surface area contributed by atoms with E-state index in [1.54, 1.807) is 0 Å². The molecule has 0 aromatic heterocycles. The molecule has 96 valence electrons. The van der Waals surface area contributed by atoms with Gasteiger partial charge in [0.05, 0.1) is 0 Å². The highest BCUT2D eigenvalue weighted by Gasteiger charge is 2.15. The van der Waals surface area contributed by atoms with Gasteiger partial charge in [0, 0.05) is 0 Å². The summed E-state index contributed by atoms with van der Waals surface area (Å²) in [6, 6.07) is 10.8. The van der Waals surface area contributed by atoms with Crippen molar-refractivity contribution in [1.29, 1.82) is 0 Å². The molecule has 1 atom stereocenters. The minimum absolute atomic E-state index is 0.447. The zero-order chi connectivity index (χ0) is 12.7. The maximum atomic E-state index is 3.32. The minimum atomic E-state index is 0.447. The molecule has 0 bridgehead atoms. The molecule has 0 saturated heterocycles. The van der Waals surface area contributed by atoms with Crippen LogP contribution in [0.15, 0.2) is 30.3 Å². The molecular weight excluding hydrogens is 206 g/mol. The number of hydrogen-bond acceptors (Lipinski definition) is 1. The van der Waals surface area contributed by atoms with Crippen molar-refractivity contribution >= 4 is 0 Å². The summed E-state index contributed by atoms with van der Waals surface area (Å²) in [7, 11) is 2.05. The van der Waals surface area contributed by atoms with Crippen LogP contribution in [0.4, 0.5) is 0 Å². The molecule has 1 aromatic carbocycles. The number of rotatable bonds is 6. The van der Waals surface area contributed by atoms with E-state index < -0.39 is 0 Å². The maximum Gasteiger partial charge on any atom is -0.00203 e. The van der Waals surface area contributed by atoms with Crippen LogP contribution in [-0.2, 0) is 6.42 Å². The summed E-state index contributed by atoms with van der Waals surface area (Å²) in [5, 5.41) is 3.32. The van der Waals surface area contributed by atoms with E-state index in [2.05, 4.69) is 63.5 Å². The van der Waals surface area contributed by atoms with Crippen LogP contribution in [0.5, 0.6) is 0 Å². The fourth-order valence-corrected chi connectivity index (χ4v) is 2.15. The summed E-state index contributed by atoms with van der Waals surface area (Å²) < 4.78 is 0. The van der Waals surface area contributed by atoms with Gasteiger partial charge in [-0.2, -0.15) is 0 Å². The van der Waals surface area contributed by atoms with Gasteiger partial charge >= 0.3 is 0 Å². The first kappa shape index (κ1) is 14.2. The third-order valence-electron chi connectivity index (χ3n) is 3.16. The van der Waals surface area contributed by atoms with E-state index in [1.165, 1.54) is 24.8 Å². The second-order valence-electron chi connectivity index (χ2n) is 6.21. The van der Waals surface area contributed by atoms with Gasteiger partial charge in [0.25, 0.3) is 0 Å². The van der Waals surface area contributed by atoms with Gasteiger partial charge in [0.1, 0.15) is 0 Å². The Labute approximate surface area is 107 Å². The summed E-state index contributed by atoms with van der Waals surface area (Å²) in [4.78, 5) is 0. The normalized spacial score (nSPS) is 13.6. The average Bonchev–Trinajstić information content (AvgIpc) is 2.27. The lowest BCUT2D eigenvalue weighted by molar-refractivity contribution is 0.316. The van der Waals surface area contributed by atoms with Gasteiger partial charge in [-0.1, -0.05) is 51.1 Å². The fraction of sp³-hybridized carbons (Fsp3) is 0.625. The van der Waals surface area contributed by atoms with Crippen molar-refractivity contribution in [3.8, 4) is 0 Å². The predicted molar refractivity (Wildman–Crippen MR) is 76.3 cm³/mol. The Hall–Kier alpha value is -0.820. The molecule has 1 N–H and O–H groups in total. The molecule has 0 amide bonds. The van der Waals surface area contributed by atoms with Crippen LogP contribution in [0.1, 0.15) is 39.2 Å². The van der Waals surface area contributed by atoms with Crippen LogP contribution >= 0.6 is 0 Å². The van der Waals surface area contributed by atoms with Gasteiger partial charge in [-0.25, -0.2) is 0 Å². The Bertz CT molecular complexity index is 297. The van der Waals surface area contributed by atoms with E-state index >= 15 is 0 Å². The Morgan fingerprint density at radius 1 is 1.12 bits per heavy atom. The van der Waals surface area contributed by atoms with Crippen molar-refractivity contribution in [2.45, 2.75) is 40.0 Å². The van der Waals surface area contributed by atoms with Crippen LogP contribution in [0.25, 0.3) is 0 Å². The molecule has 0 spiro atoms. The monoisotopic (exact) mass is 233 g/mol. The molecule has 1 nitrogen and oxygen atoms in total. The second kappa shape index (κ2) is 6.80. The van der Waals surface area contributed by atoms with Gasteiger partial charge in [0.15, 0.2) is 0 Å². The Morgan fingerprint density at radius 2 is 1.76 bits per heavy atom. The molecule has 0 radical (unpaired) electrons. The lowest BCUT2D eigenvalue weighted by Gasteiger charge is -2.23. The van der Waals surface area contributed by atoms with Crippen molar-refractivity contribution in [3.05, 3.63) is 35.9 Å². The average molecular weight is 233 g/mol. The number of benzene rings is 1. The van der Waals surface area contributed by atoms with Crippen molar-refractivity contribution in [2.75, 3.05) is 13.6 Å². The molecule has 0 saturated carbocycles. The topological polar surface area (TPSA) is 12.0 Å². The molecular formula is C16H27N. The molecule has 0 aliphatic heterocycles. The highest BCUT2D eigenvalue weighted by atomic mass is 14.8. The van der Waals surface area contributed by atoms with E-state index in [4.69, 9.17) is 0 Å². The van der Waals surface area contributed by atoms with Crippen LogP contribution < -0.4 is 5.32 Å². The van der Waals surface area contributed by atoms with Gasteiger partial charge in [0.2, 0.25) is 0 Å². The van der Waals surface area contributed by atoms with Crippen molar-refractivity contribution in [2.24, 2.45) is 11.3 Å². The van der Waals surface area contributed by atoms with E-state index in [1.807, 2.05) is 0 Å². The summed E-state index contributed by atoms with van der Waals surface area (Å²) in [6.45, 7) is 8.09. The molecule has 0 fully saturated rings. The highest BCUT2D eigenvalue weighted by molar-refractivity contribution is 5.15. The van der Waals surface area contributed by atoms with Crippen molar-refractivity contribution in [1.82, 2.24) is 5.32 Å². The molecule has 0 heterocycles. The Balaban J connectivity index is 2.49. The van der Waals surface area contributed by atoms with Crippen LogP contribution in [-0.4, -0.2) is 13.6 Å². The number of hydrogen-bond donors (Lipinski definition) is 1. The quantitative estimate of drug-likeness (QED) is 0.786. The third-order valence-corrected chi connectivity index (χ3v) is 3.16. The second-order valence-corrected chi connectivity index (χ2v) is 6.21. The first-order valence-electron chi connectivity index (χ1n) is 6.70. The molecule has 1 aromatic rings. The maximum absolute atomic E-state index is 3.32. The summed E-state index contributed by atoms with van der Waals surface area (Å²) in [5.74, 6) is 0.752. The van der Waals surface area contributed by atoms with Crippen molar-refractivity contribution < 1.29 is 0 Å². The standard InChI is InChI=1S/C16H27N/c1-16(2,3)11-10-15(13-17-4)12-14-8-6-5-7-9-14/h5-9,15,17H,10-13H2,1-4H3. The van der Waals surface area contributed by atoms with E-state index in [0.717, 1.165) is 12.5 Å².